The summed E-state index contributed by atoms with van der Waals surface area (Å²) in [6, 6.07) is 18.2. The van der Waals surface area contributed by atoms with E-state index in [4.69, 9.17) is 0 Å². The molecule has 0 N–H and O–H groups in total. The molecule has 5 rings (SSSR count). The summed E-state index contributed by atoms with van der Waals surface area (Å²) >= 11 is 0. The third kappa shape index (κ3) is 1.91. The number of ketones is 2. The lowest BCUT2D eigenvalue weighted by Gasteiger charge is -2.16. The zero-order valence-corrected chi connectivity index (χ0v) is 13.9. The minimum Gasteiger partial charge on any atom is -0.288 e. The second-order valence-corrected chi connectivity index (χ2v) is 6.29. The Hall–Kier alpha value is -3.60. The van der Waals surface area contributed by atoms with E-state index in [2.05, 4.69) is 10.1 Å². The monoisotopic (exact) mass is 339 g/mol. The van der Waals surface area contributed by atoms with E-state index >= 15 is 0 Å². The van der Waals surface area contributed by atoms with Crippen molar-refractivity contribution in [1.29, 1.82) is 0 Å². The number of nitrogens with zero attached hydrogens (tertiary/aromatic N) is 3. The van der Waals surface area contributed by atoms with E-state index in [-0.39, 0.29) is 17.3 Å². The normalized spacial score (nSPS) is 13.0. The van der Waals surface area contributed by atoms with Crippen molar-refractivity contribution in [3.05, 3.63) is 88.7 Å². The third-order valence-corrected chi connectivity index (χ3v) is 4.72. The topological polar surface area (TPSA) is 64.8 Å². The second kappa shape index (κ2) is 5.20. The van der Waals surface area contributed by atoms with Crippen LogP contribution in [0.5, 0.6) is 0 Å². The molecule has 5 heteroatoms. The van der Waals surface area contributed by atoms with Gasteiger partial charge in [-0.2, -0.15) is 5.10 Å². The van der Waals surface area contributed by atoms with Crippen LogP contribution < -0.4 is 0 Å². The number of aryl methyl sites for hydroxylation is 1. The standard InChI is InChI=1S/C21H13N3O2/c1-12-16-11-17-18(20(26)15-10-6-5-9-14(15)19(17)25)22-21(16)24(23-12)13-7-3-2-4-8-13/h2-11H,1H3. The predicted molar refractivity (Wildman–Crippen MR) is 96.9 cm³/mol. The van der Waals surface area contributed by atoms with E-state index in [1.54, 1.807) is 35.0 Å². The van der Waals surface area contributed by atoms with E-state index in [1.165, 1.54) is 0 Å². The fourth-order valence-electron chi connectivity index (χ4n) is 3.43. The highest BCUT2D eigenvalue weighted by molar-refractivity contribution is 6.28. The van der Waals surface area contributed by atoms with Gasteiger partial charge in [0.25, 0.3) is 0 Å². The molecule has 0 spiro atoms. The second-order valence-electron chi connectivity index (χ2n) is 6.29. The summed E-state index contributed by atoms with van der Waals surface area (Å²) < 4.78 is 1.71. The van der Waals surface area contributed by atoms with Crippen molar-refractivity contribution in [3.63, 3.8) is 0 Å². The molecule has 2 aromatic carbocycles. The summed E-state index contributed by atoms with van der Waals surface area (Å²) in [5.41, 5.74) is 3.56. The van der Waals surface area contributed by atoms with Crippen LogP contribution in [0, 0.1) is 6.92 Å². The maximum absolute atomic E-state index is 12.9. The Morgan fingerprint density at radius 2 is 1.46 bits per heavy atom. The summed E-state index contributed by atoms with van der Waals surface area (Å²) in [5.74, 6) is -0.396. The smallest absolute Gasteiger partial charge is 0.212 e. The molecule has 2 aromatic heterocycles. The Kier molecular flexibility index (Phi) is 2.94. The van der Waals surface area contributed by atoms with Crippen LogP contribution in [0.15, 0.2) is 60.7 Å². The highest BCUT2D eigenvalue weighted by Gasteiger charge is 2.32. The van der Waals surface area contributed by atoms with Crippen LogP contribution in [0.3, 0.4) is 0 Å². The SMILES string of the molecule is Cc1nn(-c2ccccc2)c2nc3c(cc12)C(=O)c1ccccc1C3=O. The lowest BCUT2D eigenvalue weighted by atomic mass is 9.86. The van der Waals surface area contributed by atoms with Crippen LogP contribution in [-0.2, 0) is 0 Å². The first-order valence-corrected chi connectivity index (χ1v) is 8.29. The Morgan fingerprint density at radius 1 is 0.808 bits per heavy atom. The van der Waals surface area contributed by atoms with E-state index in [0.717, 1.165) is 16.8 Å². The zero-order chi connectivity index (χ0) is 17.8. The summed E-state index contributed by atoms with van der Waals surface area (Å²) in [6.45, 7) is 1.87. The summed E-state index contributed by atoms with van der Waals surface area (Å²) in [7, 11) is 0. The van der Waals surface area contributed by atoms with Crippen molar-refractivity contribution >= 4 is 22.6 Å². The van der Waals surface area contributed by atoms with Gasteiger partial charge in [-0.1, -0.05) is 42.5 Å². The van der Waals surface area contributed by atoms with Crippen molar-refractivity contribution in [2.45, 2.75) is 6.92 Å². The Morgan fingerprint density at radius 3 is 2.19 bits per heavy atom. The number of benzene rings is 2. The molecular formula is C21H13N3O2. The average molecular weight is 339 g/mol. The lowest BCUT2D eigenvalue weighted by Crippen LogP contribution is -2.22. The number of pyridine rings is 1. The maximum Gasteiger partial charge on any atom is 0.212 e. The van der Waals surface area contributed by atoms with Gasteiger partial charge in [0.05, 0.1) is 16.9 Å². The minimum absolute atomic E-state index is 0.170. The highest BCUT2D eigenvalue weighted by Crippen LogP contribution is 2.30. The fraction of sp³-hybridized carbons (Fsp3) is 0.0476. The first-order valence-electron chi connectivity index (χ1n) is 8.29. The van der Waals surface area contributed by atoms with Crippen LogP contribution in [0.4, 0.5) is 0 Å². The van der Waals surface area contributed by atoms with Gasteiger partial charge in [-0.05, 0) is 25.1 Å². The molecule has 0 radical (unpaired) electrons. The van der Waals surface area contributed by atoms with Gasteiger partial charge in [-0.25, -0.2) is 9.67 Å². The molecule has 5 nitrogen and oxygen atoms in total. The van der Waals surface area contributed by atoms with Gasteiger partial charge in [0.1, 0.15) is 5.69 Å². The minimum atomic E-state index is -0.226. The van der Waals surface area contributed by atoms with Gasteiger partial charge in [0, 0.05) is 16.5 Å². The fourth-order valence-corrected chi connectivity index (χ4v) is 3.43. The van der Waals surface area contributed by atoms with Crippen molar-refractivity contribution in [3.8, 4) is 5.69 Å². The average Bonchev–Trinajstić information content (AvgIpc) is 3.02. The molecule has 2 heterocycles. The first-order chi connectivity index (χ1) is 12.6. The molecule has 0 unspecified atom stereocenters. The van der Waals surface area contributed by atoms with E-state index in [1.807, 2.05) is 37.3 Å². The van der Waals surface area contributed by atoms with Crippen LogP contribution in [0.2, 0.25) is 0 Å². The Labute approximate surface area is 148 Å². The van der Waals surface area contributed by atoms with E-state index in [9.17, 15) is 9.59 Å². The number of para-hydroxylation sites is 1. The molecule has 26 heavy (non-hydrogen) atoms. The Balaban J connectivity index is 1.82. The molecule has 0 aliphatic heterocycles. The van der Waals surface area contributed by atoms with E-state index < -0.39 is 0 Å². The molecule has 0 bridgehead atoms. The summed E-state index contributed by atoms with van der Waals surface area (Å²) in [5, 5.41) is 5.33. The predicted octanol–water partition coefficient (Wildman–Crippen LogP) is 3.50. The number of hydrogen-bond donors (Lipinski definition) is 0. The Bertz CT molecular complexity index is 1220. The van der Waals surface area contributed by atoms with Crippen molar-refractivity contribution < 1.29 is 9.59 Å². The number of carbonyl (C=O) groups is 2. The van der Waals surface area contributed by atoms with Gasteiger partial charge in [0.15, 0.2) is 11.4 Å². The molecule has 1 aliphatic rings. The number of carbonyl (C=O) groups excluding carboxylic acids is 2. The number of rotatable bonds is 1. The van der Waals surface area contributed by atoms with Gasteiger partial charge in [-0.3, -0.25) is 9.59 Å². The largest absolute Gasteiger partial charge is 0.288 e. The number of fused-ring (bicyclic) bond motifs is 3. The van der Waals surface area contributed by atoms with Gasteiger partial charge in [-0.15, -0.1) is 0 Å². The molecular weight excluding hydrogens is 326 g/mol. The van der Waals surface area contributed by atoms with Crippen LogP contribution in [0.1, 0.15) is 37.7 Å². The van der Waals surface area contributed by atoms with Crippen molar-refractivity contribution in [2.24, 2.45) is 0 Å². The van der Waals surface area contributed by atoms with Gasteiger partial charge >= 0.3 is 0 Å². The lowest BCUT2D eigenvalue weighted by molar-refractivity contribution is 0.0976. The first kappa shape index (κ1) is 14.7. The zero-order valence-electron chi connectivity index (χ0n) is 13.9. The van der Waals surface area contributed by atoms with E-state index in [0.29, 0.717) is 22.3 Å². The summed E-state index contributed by atoms with van der Waals surface area (Å²) in [4.78, 5) is 30.3. The van der Waals surface area contributed by atoms with Crippen LogP contribution in [-0.4, -0.2) is 26.3 Å². The molecule has 124 valence electrons. The summed E-state index contributed by atoms with van der Waals surface area (Å²) in [6.07, 6.45) is 0. The molecule has 0 saturated heterocycles. The molecule has 0 amide bonds. The third-order valence-electron chi connectivity index (χ3n) is 4.72. The number of aromatic nitrogens is 3. The van der Waals surface area contributed by atoms with Crippen LogP contribution in [0.25, 0.3) is 16.7 Å². The molecule has 0 atom stereocenters. The molecule has 1 aliphatic carbocycles. The molecule has 4 aromatic rings. The van der Waals surface area contributed by atoms with Crippen molar-refractivity contribution in [1.82, 2.24) is 14.8 Å². The van der Waals surface area contributed by atoms with Crippen LogP contribution >= 0.6 is 0 Å². The molecule has 0 fully saturated rings. The van der Waals surface area contributed by atoms with Crippen molar-refractivity contribution in [2.75, 3.05) is 0 Å². The van der Waals surface area contributed by atoms with Gasteiger partial charge in [0.2, 0.25) is 5.78 Å². The quantitative estimate of drug-likeness (QED) is 0.469. The maximum atomic E-state index is 12.9. The number of hydrogen-bond acceptors (Lipinski definition) is 4. The molecule has 0 saturated carbocycles. The highest BCUT2D eigenvalue weighted by atomic mass is 16.1. The van der Waals surface area contributed by atoms with Gasteiger partial charge < -0.3 is 0 Å².